The number of aromatic nitrogens is 1. The van der Waals surface area contributed by atoms with Crippen molar-refractivity contribution in [3.8, 4) is 11.3 Å². The van der Waals surface area contributed by atoms with Gasteiger partial charge in [0.15, 0.2) is 0 Å². The van der Waals surface area contributed by atoms with Gasteiger partial charge in [-0.25, -0.2) is 4.98 Å². The smallest absolute Gasteiger partial charge is 0.0896 e. The Bertz CT molecular complexity index is 742. The van der Waals surface area contributed by atoms with Crippen LogP contribution in [0.4, 0.5) is 0 Å². The number of para-hydroxylation sites is 1. The number of nitrogens with zero attached hydrogens (tertiary/aromatic N) is 1. The van der Waals surface area contributed by atoms with Gasteiger partial charge < -0.3 is 0 Å². The SMILES string of the molecule is Cc1cc(C)cc(-c2nc3ccccc3cc2Cl)c1. The fourth-order valence-electron chi connectivity index (χ4n) is 2.40. The Hall–Kier alpha value is -1.86. The molecule has 1 heterocycles. The average molecular weight is 268 g/mol. The van der Waals surface area contributed by atoms with Crippen LogP contribution < -0.4 is 0 Å². The molecule has 0 saturated heterocycles. The monoisotopic (exact) mass is 267 g/mol. The molecule has 0 aliphatic carbocycles. The van der Waals surface area contributed by atoms with Crippen LogP contribution in [0, 0.1) is 13.8 Å². The van der Waals surface area contributed by atoms with E-state index in [0.717, 1.165) is 22.2 Å². The first-order chi connectivity index (χ1) is 9.13. The summed E-state index contributed by atoms with van der Waals surface area (Å²) in [6.07, 6.45) is 0. The molecule has 2 heteroatoms. The van der Waals surface area contributed by atoms with Crippen LogP contribution in [0.5, 0.6) is 0 Å². The largest absolute Gasteiger partial charge is 0.246 e. The summed E-state index contributed by atoms with van der Waals surface area (Å²) in [5.41, 5.74) is 5.35. The van der Waals surface area contributed by atoms with Crippen LogP contribution >= 0.6 is 11.6 Å². The van der Waals surface area contributed by atoms with E-state index in [9.17, 15) is 0 Å². The zero-order valence-corrected chi connectivity index (χ0v) is 11.7. The van der Waals surface area contributed by atoms with E-state index in [1.807, 2.05) is 30.3 Å². The molecule has 0 aliphatic heterocycles. The van der Waals surface area contributed by atoms with Gasteiger partial charge in [-0.3, -0.25) is 0 Å². The Labute approximate surface area is 117 Å². The second kappa shape index (κ2) is 4.67. The standard InChI is InChI=1S/C17H14ClN/c1-11-7-12(2)9-14(8-11)17-15(18)10-13-5-3-4-6-16(13)19-17/h3-10H,1-2H3. The highest BCUT2D eigenvalue weighted by atomic mass is 35.5. The second-order valence-electron chi connectivity index (χ2n) is 4.89. The summed E-state index contributed by atoms with van der Waals surface area (Å²) in [5.74, 6) is 0. The number of hydrogen-bond acceptors (Lipinski definition) is 1. The lowest BCUT2D eigenvalue weighted by molar-refractivity contribution is 1.34. The first kappa shape index (κ1) is 12.2. The van der Waals surface area contributed by atoms with Crippen molar-refractivity contribution in [1.82, 2.24) is 4.98 Å². The Balaban J connectivity index is 2.26. The molecular weight excluding hydrogens is 254 g/mol. The maximum Gasteiger partial charge on any atom is 0.0896 e. The third-order valence-electron chi connectivity index (χ3n) is 3.17. The predicted octanol–water partition coefficient (Wildman–Crippen LogP) is 5.17. The van der Waals surface area contributed by atoms with Crippen molar-refractivity contribution in [2.45, 2.75) is 13.8 Å². The van der Waals surface area contributed by atoms with E-state index in [1.54, 1.807) is 0 Å². The van der Waals surface area contributed by atoms with E-state index in [-0.39, 0.29) is 0 Å². The van der Waals surface area contributed by atoms with Crippen molar-refractivity contribution in [3.63, 3.8) is 0 Å². The van der Waals surface area contributed by atoms with Gasteiger partial charge in [-0.05, 0) is 38.1 Å². The van der Waals surface area contributed by atoms with E-state index in [2.05, 4.69) is 32.0 Å². The van der Waals surface area contributed by atoms with E-state index in [0.29, 0.717) is 5.02 Å². The third kappa shape index (κ3) is 2.34. The summed E-state index contributed by atoms with van der Waals surface area (Å²) in [6, 6.07) is 16.4. The van der Waals surface area contributed by atoms with Crippen molar-refractivity contribution in [1.29, 1.82) is 0 Å². The first-order valence-corrected chi connectivity index (χ1v) is 6.65. The summed E-state index contributed by atoms with van der Waals surface area (Å²) in [7, 11) is 0. The lowest BCUT2D eigenvalue weighted by atomic mass is 10.0. The Morgan fingerprint density at radius 1 is 0.895 bits per heavy atom. The molecule has 3 rings (SSSR count). The lowest BCUT2D eigenvalue weighted by Crippen LogP contribution is -1.89. The molecule has 0 saturated carbocycles. The van der Waals surface area contributed by atoms with Crippen molar-refractivity contribution in [2.24, 2.45) is 0 Å². The van der Waals surface area contributed by atoms with Crippen molar-refractivity contribution in [2.75, 3.05) is 0 Å². The minimum absolute atomic E-state index is 0.698. The van der Waals surface area contributed by atoms with Gasteiger partial charge in [-0.15, -0.1) is 0 Å². The molecule has 0 amide bonds. The number of pyridine rings is 1. The number of fused-ring (bicyclic) bond motifs is 1. The fourth-order valence-corrected chi connectivity index (χ4v) is 2.67. The molecular formula is C17H14ClN. The molecule has 0 N–H and O–H groups in total. The average Bonchev–Trinajstić information content (AvgIpc) is 2.36. The molecule has 0 aliphatic rings. The number of rotatable bonds is 1. The molecule has 1 nitrogen and oxygen atoms in total. The highest BCUT2D eigenvalue weighted by Gasteiger charge is 2.08. The number of aryl methyl sites for hydroxylation is 2. The molecule has 0 atom stereocenters. The Morgan fingerprint density at radius 2 is 1.58 bits per heavy atom. The minimum Gasteiger partial charge on any atom is -0.246 e. The van der Waals surface area contributed by atoms with E-state index in [4.69, 9.17) is 16.6 Å². The summed E-state index contributed by atoms with van der Waals surface area (Å²) < 4.78 is 0. The van der Waals surface area contributed by atoms with E-state index >= 15 is 0 Å². The van der Waals surface area contributed by atoms with Crippen molar-refractivity contribution in [3.05, 3.63) is 64.7 Å². The Kier molecular flexibility index (Phi) is 3.00. The highest BCUT2D eigenvalue weighted by Crippen LogP contribution is 2.30. The van der Waals surface area contributed by atoms with E-state index < -0.39 is 0 Å². The molecule has 0 spiro atoms. The summed E-state index contributed by atoms with van der Waals surface area (Å²) in [4.78, 5) is 4.70. The number of halogens is 1. The molecule has 0 fully saturated rings. The number of benzene rings is 2. The van der Waals surface area contributed by atoms with Gasteiger partial charge in [0, 0.05) is 10.9 Å². The van der Waals surface area contributed by atoms with Gasteiger partial charge in [0.05, 0.1) is 16.2 Å². The molecule has 0 radical (unpaired) electrons. The summed E-state index contributed by atoms with van der Waals surface area (Å²) >= 11 is 6.38. The van der Waals surface area contributed by atoms with Gasteiger partial charge in [-0.2, -0.15) is 0 Å². The molecule has 94 valence electrons. The molecule has 0 unspecified atom stereocenters. The van der Waals surface area contributed by atoms with E-state index in [1.165, 1.54) is 11.1 Å². The minimum atomic E-state index is 0.698. The quantitative estimate of drug-likeness (QED) is 0.593. The van der Waals surface area contributed by atoms with Gasteiger partial charge in [0.25, 0.3) is 0 Å². The topological polar surface area (TPSA) is 12.9 Å². The maximum atomic E-state index is 6.38. The zero-order valence-electron chi connectivity index (χ0n) is 10.9. The molecule has 1 aromatic heterocycles. The molecule has 3 aromatic rings. The van der Waals surface area contributed by atoms with Gasteiger partial charge in [0.1, 0.15) is 0 Å². The van der Waals surface area contributed by atoms with Crippen molar-refractivity contribution >= 4 is 22.5 Å². The first-order valence-electron chi connectivity index (χ1n) is 6.27. The fraction of sp³-hybridized carbons (Fsp3) is 0.118. The van der Waals surface area contributed by atoms with Crippen LogP contribution in [0.3, 0.4) is 0 Å². The second-order valence-corrected chi connectivity index (χ2v) is 5.30. The predicted molar refractivity (Wildman–Crippen MR) is 81.7 cm³/mol. The van der Waals surface area contributed by atoms with Crippen LogP contribution in [-0.4, -0.2) is 4.98 Å². The van der Waals surface area contributed by atoms with Crippen LogP contribution in [0.2, 0.25) is 5.02 Å². The molecule has 19 heavy (non-hydrogen) atoms. The van der Waals surface area contributed by atoms with Gasteiger partial charge >= 0.3 is 0 Å². The normalized spacial score (nSPS) is 10.9. The third-order valence-corrected chi connectivity index (χ3v) is 3.46. The maximum absolute atomic E-state index is 6.38. The summed E-state index contributed by atoms with van der Waals surface area (Å²) in [6.45, 7) is 4.18. The van der Waals surface area contributed by atoms with Crippen molar-refractivity contribution < 1.29 is 0 Å². The van der Waals surface area contributed by atoms with Crippen LogP contribution in [0.25, 0.3) is 22.2 Å². The number of hydrogen-bond donors (Lipinski definition) is 0. The summed E-state index contributed by atoms with van der Waals surface area (Å²) in [5, 5.41) is 1.77. The van der Waals surface area contributed by atoms with Crippen LogP contribution in [0.15, 0.2) is 48.5 Å². The highest BCUT2D eigenvalue weighted by molar-refractivity contribution is 6.33. The molecule has 2 aromatic carbocycles. The molecule has 0 bridgehead atoms. The zero-order chi connectivity index (χ0) is 13.4. The Morgan fingerprint density at radius 3 is 2.32 bits per heavy atom. The van der Waals surface area contributed by atoms with Gasteiger partial charge in [0.2, 0.25) is 0 Å². The van der Waals surface area contributed by atoms with Crippen LogP contribution in [0.1, 0.15) is 11.1 Å². The van der Waals surface area contributed by atoms with Gasteiger partial charge in [-0.1, -0.05) is 47.0 Å². The van der Waals surface area contributed by atoms with Crippen LogP contribution in [-0.2, 0) is 0 Å². The lowest BCUT2D eigenvalue weighted by Gasteiger charge is -2.08.